The number of amides is 1. The van der Waals surface area contributed by atoms with Crippen molar-refractivity contribution in [3.05, 3.63) is 24.0 Å². The molecule has 2 aromatic rings. The van der Waals surface area contributed by atoms with Crippen LogP contribution in [0, 0.1) is 5.92 Å². The minimum absolute atomic E-state index is 0.134. The number of rotatable bonds is 5. The summed E-state index contributed by atoms with van der Waals surface area (Å²) in [6.45, 7) is 9.46. The molecule has 10 nitrogen and oxygen atoms in total. The number of hydrogen-bond donors (Lipinski definition) is 1. The van der Waals surface area contributed by atoms with E-state index >= 15 is 0 Å². The first-order valence-electron chi connectivity index (χ1n) is 11.8. The van der Waals surface area contributed by atoms with Crippen LogP contribution in [0.25, 0.3) is 11.0 Å². The topological polar surface area (TPSA) is 108 Å². The molecule has 2 fully saturated rings. The maximum absolute atomic E-state index is 13.2. The van der Waals surface area contributed by atoms with Crippen LogP contribution >= 0.6 is 0 Å². The summed E-state index contributed by atoms with van der Waals surface area (Å²) in [5, 5.41) is 9.13. The Morgan fingerprint density at radius 2 is 1.82 bits per heavy atom. The van der Waals surface area contributed by atoms with E-state index in [1.807, 2.05) is 18.2 Å². The first-order chi connectivity index (χ1) is 16.0. The van der Waals surface area contributed by atoms with Crippen molar-refractivity contribution in [2.24, 2.45) is 5.92 Å². The van der Waals surface area contributed by atoms with Crippen molar-refractivity contribution >= 4 is 33.0 Å². The molecule has 1 aromatic heterocycles. The predicted molar refractivity (Wildman–Crippen MR) is 130 cm³/mol. The van der Waals surface area contributed by atoms with Gasteiger partial charge in [-0.15, -0.1) is 0 Å². The number of anilines is 1. The Morgan fingerprint density at radius 3 is 2.41 bits per heavy atom. The third-order valence-corrected chi connectivity index (χ3v) is 8.65. The van der Waals surface area contributed by atoms with E-state index in [2.05, 4.69) is 25.3 Å². The van der Waals surface area contributed by atoms with Crippen LogP contribution in [-0.2, 0) is 26.9 Å². The van der Waals surface area contributed by atoms with Crippen molar-refractivity contribution in [1.29, 1.82) is 0 Å². The highest BCUT2D eigenvalue weighted by Gasteiger charge is 2.32. The van der Waals surface area contributed by atoms with Gasteiger partial charge >= 0.3 is 16.3 Å². The van der Waals surface area contributed by atoms with Crippen molar-refractivity contribution in [3.63, 3.8) is 0 Å². The van der Waals surface area contributed by atoms with E-state index in [9.17, 15) is 13.2 Å². The van der Waals surface area contributed by atoms with E-state index in [1.165, 1.54) is 20.6 Å². The SMILES string of the molecule is CN(c1ccc2c(c1)nc(C(C)(C)C)n2CC1CCOCC1)S(=O)(=O)N1CCN(C(=O)O)CC1. The molecule has 4 rings (SSSR count). The fourth-order valence-electron chi connectivity index (χ4n) is 4.68. The first-order valence-corrected chi connectivity index (χ1v) is 13.2. The summed E-state index contributed by atoms with van der Waals surface area (Å²) in [5.41, 5.74) is 2.14. The molecule has 2 saturated heterocycles. The van der Waals surface area contributed by atoms with Gasteiger partial charge in [-0.05, 0) is 37.0 Å². The van der Waals surface area contributed by atoms with E-state index in [0.29, 0.717) is 11.6 Å². The molecule has 3 heterocycles. The lowest BCUT2D eigenvalue weighted by atomic mass is 9.94. The van der Waals surface area contributed by atoms with Crippen molar-refractivity contribution in [3.8, 4) is 0 Å². The normalized spacial score (nSPS) is 19.0. The summed E-state index contributed by atoms with van der Waals surface area (Å²) >= 11 is 0. The summed E-state index contributed by atoms with van der Waals surface area (Å²) < 4.78 is 36.9. The van der Waals surface area contributed by atoms with Crippen LogP contribution in [0.2, 0.25) is 0 Å². The highest BCUT2D eigenvalue weighted by molar-refractivity contribution is 7.90. The number of nitrogens with zero attached hydrogens (tertiary/aromatic N) is 5. The van der Waals surface area contributed by atoms with Gasteiger partial charge in [0.1, 0.15) is 5.82 Å². The number of benzene rings is 1. The minimum atomic E-state index is -3.79. The van der Waals surface area contributed by atoms with Crippen molar-refractivity contribution in [2.75, 3.05) is 50.7 Å². The molecule has 11 heteroatoms. The lowest BCUT2D eigenvalue weighted by molar-refractivity contribution is 0.0611. The molecule has 0 atom stereocenters. The Labute approximate surface area is 201 Å². The van der Waals surface area contributed by atoms with Crippen molar-refractivity contribution in [2.45, 2.75) is 45.6 Å². The molecule has 1 amide bonds. The van der Waals surface area contributed by atoms with Gasteiger partial charge in [0.05, 0.1) is 16.7 Å². The molecule has 0 aliphatic carbocycles. The van der Waals surface area contributed by atoms with Crippen LogP contribution in [0.4, 0.5) is 10.5 Å². The first kappa shape index (κ1) is 24.7. The largest absolute Gasteiger partial charge is 0.465 e. The fraction of sp³-hybridized carbons (Fsp3) is 0.652. The number of aromatic nitrogens is 2. The molecule has 188 valence electrons. The number of ether oxygens (including phenoxy) is 1. The van der Waals surface area contributed by atoms with Gasteiger partial charge in [-0.1, -0.05) is 20.8 Å². The van der Waals surface area contributed by atoms with E-state index < -0.39 is 16.3 Å². The summed E-state index contributed by atoms with van der Waals surface area (Å²) in [7, 11) is -2.26. The van der Waals surface area contributed by atoms with Crippen LogP contribution in [0.5, 0.6) is 0 Å². The molecule has 0 spiro atoms. The molecule has 1 N–H and O–H groups in total. The molecule has 34 heavy (non-hydrogen) atoms. The van der Waals surface area contributed by atoms with Crippen LogP contribution in [0.3, 0.4) is 0 Å². The Kier molecular flexibility index (Phi) is 6.80. The highest BCUT2D eigenvalue weighted by atomic mass is 32.2. The van der Waals surface area contributed by atoms with Crippen LogP contribution in [0.15, 0.2) is 18.2 Å². The van der Waals surface area contributed by atoms with Gasteiger partial charge < -0.3 is 19.3 Å². The lowest BCUT2D eigenvalue weighted by Crippen LogP contribution is -2.53. The van der Waals surface area contributed by atoms with Crippen LogP contribution in [-0.4, -0.2) is 84.8 Å². The lowest BCUT2D eigenvalue weighted by Gasteiger charge is -2.35. The molecule has 0 bridgehead atoms. The minimum Gasteiger partial charge on any atom is -0.465 e. The van der Waals surface area contributed by atoms with E-state index in [-0.39, 0.29) is 31.6 Å². The van der Waals surface area contributed by atoms with Gasteiger partial charge in [0, 0.05) is 58.4 Å². The van der Waals surface area contributed by atoms with Crippen molar-refractivity contribution in [1.82, 2.24) is 18.8 Å². The highest BCUT2D eigenvalue weighted by Crippen LogP contribution is 2.32. The molecular weight excluding hydrogens is 458 g/mol. The van der Waals surface area contributed by atoms with Crippen molar-refractivity contribution < 1.29 is 23.1 Å². The second-order valence-corrected chi connectivity index (χ2v) is 12.1. The standard InChI is InChI=1S/C23H35N5O5S/c1-23(2,3)21-24-19-15-18(5-6-20(19)28(21)16-17-7-13-33-14-8-17)25(4)34(31,32)27-11-9-26(10-12-27)22(29)30/h5-6,15,17H,7-14,16H2,1-4H3,(H,29,30). The molecule has 2 aliphatic rings. The zero-order chi connectivity index (χ0) is 24.7. The van der Waals surface area contributed by atoms with E-state index in [1.54, 1.807) is 0 Å². The van der Waals surface area contributed by atoms with Crippen LogP contribution in [0.1, 0.15) is 39.4 Å². The Hall–Kier alpha value is -2.37. The summed E-state index contributed by atoms with van der Waals surface area (Å²) in [4.78, 5) is 17.3. The summed E-state index contributed by atoms with van der Waals surface area (Å²) in [6.07, 6.45) is 1.02. The molecular formula is C23H35N5O5S. The average Bonchev–Trinajstić information content (AvgIpc) is 3.17. The van der Waals surface area contributed by atoms with Gasteiger partial charge in [0.25, 0.3) is 0 Å². The quantitative estimate of drug-likeness (QED) is 0.686. The zero-order valence-electron chi connectivity index (χ0n) is 20.4. The average molecular weight is 494 g/mol. The summed E-state index contributed by atoms with van der Waals surface area (Å²) in [6, 6.07) is 5.61. The second-order valence-electron chi connectivity index (χ2n) is 10.2. The molecule has 0 unspecified atom stereocenters. The fourth-order valence-corrected chi connectivity index (χ4v) is 6.03. The smallest absolute Gasteiger partial charge is 0.407 e. The van der Waals surface area contributed by atoms with Gasteiger partial charge in [0.2, 0.25) is 0 Å². The third-order valence-electron chi connectivity index (χ3n) is 6.73. The van der Waals surface area contributed by atoms with E-state index in [0.717, 1.165) is 49.5 Å². The number of fused-ring (bicyclic) bond motifs is 1. The maximum Gasteiger partial charge on any atom is 0.407 e. The molecule has 0 radical (unpaired) electrons. The molecule has 0 saturated carbocycles. The van der Waals surface area contributed by atoms with Crippen LogP contribution < -0.4 is 4.31 Å². The Morgan fingerprint density at radius 1 is 1.18 bits per heavy atom. The third kappa shape index (κ3) is 4.87. The summed E-state index contributed by atoms with van der Waals surface area (Å²) in [5.74, 6) is 1.51. The van der Waals surface area contributed by atoms with Gasteiger partial charge in [-0.3, -0.25) is 4.31 Å². The van der Waals surface area contributed by atoms with Gasteiger partial charge in [0.15, 0.2) is 0 Å². The number of carboxylic acid groups (broad SMARTS) is 1. The number of hydrogen-bond acceptors (Lipinski definition) is 5. The Balaban J connectivity index is 1.62. The Bertz CT molecular complexity index is 1140. The maximum atomic E-state index is 13.2. The molecule has 1 aromatic carbocycles. The zero-order valence-corrected chi connectivity index (χ0v) is 21.2. The predicted octanol–water partition coefficient (Wildman–Crippen LogP) is 2.74. The molecule has 2 aliphatic heterocycles. The van der Waals surface area contributed by atoms with E-state index in [4.69, 9.17) is 14.8 Å². The number of piperazine rings is 1. The number of carbonyl (C=O) groups is 1. The number of imidazole rings is 1. The van der Waals surface area contributed by atoms with Gasteiger partial charge in [-0.2, -0.15) is 12.7 Å². The second kappa shape index (κ2) is 9.35. The van der Waals surface area contributed by atoms with Gasteiger partial charge in [-0.25, -0.2) is 9.78 Å². The monoisotopic (exact) mass is 493 g/mol.